The molecule has 0 fully saturated rings. The molecular weight excluding hydrogens is 520 g/mol. The molecule has 1 atom stereocenters. The molecule has 3 aromatic carbocycles. The normalized spacial score (nSPS) is 11.8. The molecule has 0 bridgehead atoms. The maximum absolute atomic E-state index is 12.8. The van der Waals surface area contributed by atoms with E-state index in [0.717, 1.165) is 17.4 Å². The molecule has 0 saturated heterocycles. The highest BCUT2D eigenvalue weighted by Crippen LogP contribution is 2.31. The minimum atomic E-state index is -3.53. The number of ether oxygens (including phenoxy) is 3. The summed E-state index contributed by atoms with van der Waals surface area (Å²) >= 11 is 0. The van der Waals surface area contributed by atoms with Gasteiger partial charge in [0.15, 0.2) is 0 Å². The van der Waals surface area contributed by atoms with Gasteiger partial charge in [-0.15, -0.1) is 0 Å². The van der Waals surface area contributed by atoms with E-state index >= 15 is 0 Å². The second-order valence-corrected chi connectivity index (χ2v) is 10.8. The van der Waals surface area contributed by atoms with Crippen LogP contribution in [0.1, 0.15) is 30.5 Å². The van der Waals surface area contributed by atoms with Gasteiger partial charge in [0, 0.05) is 17.3 Å². The van der Waals surface area contributed by atoms with Crippen molar-refractivity contribution >= 4 is 27.8 Å². The third-order valence-corrected chi connectivity index (χ3v) is 6.41. The van der Waals surface area contributed by atoms with E-state index in [9.17, 15) is 18.0 Å². The van der Waals surface area contributed by atoms with Gasteiger partial charge in [0.05, 0.1) is 32.9 Å². The monoisotopic (exact) mass is 554 g/mol. The summed E-state index contributed by atoms with van der Waals surface area (Å²) in [4.78, 5) is 26.3. The predicted octanol–water partition coefficient (Wildman–Crippen LogP) is 5.16. The Kier molecular flexibility index (Phi) is 10.3. The first-order valence-electron chi connectivity index (χ1n) is 12.5. The summed E-state index contributed by atoms with van der Waals surface area (Å²) in [5.74, 6) is 0.555. The summed E-state index contributed by atoms with van der Waals surface area (Å²) in [5, 5.41) is 0. The van der Waals surface area contributed by atoms with E-state index < -0.39 is 16.1 Å². The number of anilines is 1. The predicted molar refractivity (Wildman–Crippen MR) is 149 cm³/mol. The second-order valence-electron chi connectivity index (χ2n) is 9.06. The number of esters is 1. The van der Waals surface area contributed by atoms with Crippen LogP contribution in [0.3, 0.4) is 0 Å². The highest BCUT2D eigenvalue weighted by atomic mass is 32.2. The van der Waals surface area contributed by atoms with Gasteiger partial charge in [0.2, 0.25) is 10.0 Å². The molecule has 0 saturated carbocycles. The quantitative estimate of drug-likeness (QED) is 0.308. The summed E-state index contributed by atoms with van der Waals surface area (Å²) in [5.41, 5.74) is 2.66. The average Bonchev–Trinajstić information content (AvgIpc) is 2.88. The standard InChI is InChI=1S/C29H34N2O7S/c1-5-37-28(32)18-23-12-9-13-26(17-23)38-27-15-14-25(30-39(4,34)35)19-24(27)20-31(29(33)36-3)21(2)16-22-10-7-6-8-11-22/h6-15,17,19,21,30H,5,16,18,20H2,1-4H3. The molecule has 0 aromatic heterocycles. The van der Waals surface area contributed by atoms with Crippen molar-refractivity contribution in [1.29, 1.82) is 0 Å². The average molecular weight is 555 g/mol. The third-order valence-electron chi connectivity index (χ3n) is 5.80. The molecule has 39 heavy (non-hydrogen) atoms. The molecule has 0 radical (unpaired) electrons. The van der Waals surface area contributed by atoms with Crippen LogP contribution in [-0.4, -0.2) is 51.4 Å². The molecule has 0 aliphatic carbocycles. The number of hydrogen-bond donors (Lipinski definition) is 1. The molecule has 1 unspecified atom stereocenters. The topological polar surface area (TPSA) is 111 Å². The van der Waals surface area contributed by atoms with Crippen LogP contribution < -0.4 is 9.46 Å². The van der Waals surface area contributed by atoms with E-state index in [2.05, 4.69) is 4.72 Å². The molecule has 3 rings (SSSR count). The Morgan fingerprint density at radius 1 is 0.974 bits per heavy atom. The van der Waals surface area contributed by atoms with Crippen LogP contribution >= 0.6 is 0 Å². The van der Waals surface area contributed by atoms with E-state index in [-0.39, 0.29) is 25.0 Å². The minimum Gasteiger partial charge on any atom is -0.466 e. The van der Waals surface area contributed by atoms with Gasteiger partial charge in [0.25, 0.3) is 0 Å². The fourth-order valence-corrected chi connectivity index (χ4v) is 4.63. The van der Waals surface area contributed by atoms with Gasteiger partial charge in [-0.3, -0.25) is 9.52 Å². The number of hydrogen-bond acceptors (Lipinski definition) is 7. The van der Waals surface area contributed by atoms with Crippen molar-refractivity contribution in [2.24, 2.45) is 0 Å². The zero-order valence-electron chi connectivity index (χ0n) is 22.5. The zero-order valence-corrected chi connectivity index (χ0v) is 23.4. The van der Waals surface area contributed by atoms with E-state index in [4.69, 9.17) is 14.2 Å². The Morgan fingerprint density at radius 3 is 2.36 bits per heavy atom. The van der Waals surface area contributed by atoms with Gasteiger partial charge < -0.3 is 19.1 Å². The Morgan fingerprint density at radius 2 is 1.69 bits per heavy atom. The van der Waals surface area contributed by atoms with Gasteiger partial charge in [0.1, 0.15) is 11.5 Å². The lowest BCUT2D eigenvalue weighted by Crippen LogP contribution is -2.39. The van der Waals surface area contributed by atoms with Crippen LogP contribution in [0, 0.1) is 0 Å². The number of benzene rings is 3. The third kappa shape index (κ3) is 9.33. The van der Waals surface area contributed by atoms with Crippen LogP contribution in [0.2, 0.25) is 0 Å². The van der Waals surface area contributed by atoms with Gasteiger partial charge in [-0.1, -0.05) is 42.5 Å². The van der Waals surface area contributed by atoms with Gasteiger partial charge >= 0.3 is 12.1 Å². The van der Waals surface area contributed by atoms with E-state index in [1.165, 1.54) is 7.11 Å². The summed E-state index contributed by atoms with van der Waals surface area (Å²) in [7, 11) is -2.22. The molecule has 208 valence electrons. The number of nitrogens with one attached hydrogen (secondary N) is 1. The second kappa shape index (κ2) is 13.7. The fraction of sp³-hybridized carbons (Fsp3) is 0.310. The van der Waals surface area contributed by atoms with Crippen molar-refractivity contribution in [3.05, 3.63) is 89.5 Å². The summed E-state index contributed by atoms with van der Waals surface area (Å²) in [6, 6.07) is 21.4. The highest BCUT2D eigenvalue weighted by Gasteiger charge is 2.24. The van der Waals surface area contributed by atoms with Crippen LogP contribution in [0.25, 0.3) is 0 Å². The summed E-state index contributed by atoms with van der Waals surface area (Å²) < 4.78 is 42.5. The molecule has 10 heteroatoms. The Balaban J connectivity index is 1.93. The van der Waals surface area contributed by atoms with Gasteiger partial charge in [-0.25, -0.2) is 13.2 Å². The van der Waals surface area contributed by atoms with Crippen molar-refractivity contribution < 1.29 is 32.2 Å². The van der Waals surface area contributed by atoms with Crippen molar-refractivity contribution in [3.8, 4) is 11.5 Å². The number of carbonyl (C=O) groups excluding carboxylic acids is 2. The number of sulfonamides is 1. The van der Waals surface area contributed by atoms with E-state index in [1.54, 1.807) is 54.3 Å². The SMILES string of the molecule is CCOC(=O)Cc1cccc(Oc2ccc(NS(C)(=O)=O)cc2CN(C(=O)OC)C(C)Cc2ccccc2)c1. The number of rotatable bonds is 12. The molecule has 9 nitrogen and oxygen atoms in total. The zero-order chi connectivity index (χ0) is 28.4. The number of amides is 1. The van der Waals surface area contributed by atoms with E-state index in [1.807, 2.05) is 37.3 Å². The number of methoxy groups -OCH3 is 1. The number of carbonyl (C=O) groups is 2. The van der Waals surface area contributed by atoms with Crippen molar-refractivity contribution in [2.45, 2.75) is 39.3 Å². The lowest BCUT2D eigenvalue weighted by Gasteiger charge is -2.29. The van der Waals surface area contributed by atoms with Crippen LogP contribution in [-0.2, 0) is 43.7 Å². The molecule has 0 aliphatic heterocycles. The largest absolute Gasteiger partial charge is 0.466 e. The smallest absolute Gasteiger partial charge is 0.410 e. The lowest BCUT2D eigenvalue weighted by molar-refractivity contribution is -0.142. The van der Waals surface area contributed by atoms with Crippen LogP contribution in [0.4, 0.5) is 10.5 Å². The fourth-order valence-electron chi connectivity index (χ4n) is 4.07. The van der Waals surface area contributed by atoms with Crippen molar-refractivity contribution in [2.75, 3.05) is 24.7 Å². The van der Waals surface area contributed by atoms with E-state index in [0.29, 0.717) is 35.8 Å². The summed E-state index contributed by atoms with van der Waals surface area (Å²) in [6.07, 6.45) is 1.22. The van der Waals surface area contributed by atoms with Crippen molar-refractivity contribution in [3.63, 3.8) is 0 Å². The first-order chi connectivity index (χ1) is 18.6. The summed E-state index contributed by atoms with van der Waals surface area (Å²) in [6.45, 7) is 4.06. The van der Waals surface area contributed by atoms with Crippen LogP contribution in [0.15, 0.2) is 72.8 Å². The van der Waals surface area contributed by atoms with Gasteiger partial charge in [-0.05, 0) is 61.7 Å². The maximum Gasteiger partial charge on any atom is 0.410 e. The molecule has 0 spiro atoms. The lowest BCUT2D eigenvalue weighted by atomic mass is 10.0. The Labute approximate surface area is 229 Å². The first kappa shape index (κ1) is 29.5. The Hall–Kier alpha value is -4.05. The molecular formula is C29H34N2O7S. The molecule has 1 amide bonds. The van der Waals surface area contributed by atoms with Crippen molar-refractivity contribution in [1.82, 2.24) is 4.90 Å². The van der Waals surface area contributed by atoms with Gasteiger partial charge in [-0.2, -0.15) is 0 Å². The number of nitrogens with zero attached hydrogens (tertiary/aromatic N) is 1. The van der Waals surface area contributed by atoms with Crippen LogP contribution in [0.5, 0.6) is 11.5 Å². The molecule has 0 heterocycles. The molecule has 0 aliphatic rings. The molecule has 3 aromatic rings. The highest BCUT2D eigenvalue weighted by molar-refractivity contribution is 7.92. The molecule has 1 N–H and O–H groups in total. The Bertz CT molecular complexity index is 1380. The maximum atomic E-state index is 12.8. The first-order valence-corrected chi connectivity index (χ1v) is 14.4. The minimum absolute atomic E-state index is 0.0950.